The van der Waals surface area contributed by atoms with Gasteiger partial charge in [-0.1, -0.05) is 0 Å². The lowest BCUT2D eigenvalue weighted by Crippen LogP contribution is -2.46. The summed E-state index contributed by atoms with van der Waals surface area (Å²) in [5.74, 6) is -1.84. The fraction of sp³-hybridized carbons (Fsp3) is 0.391. The number of rotatable bonds is 6. The summed E-state index contributed by atoms with van der Waals surface area (Å²) in [7, 11) is -3.24. The van der Waals surface area contributed by atoms with E-state index in [-0.39, 0.29) is 46.5 Å². The van der Waals surface area contributed by atoms with E-state index in [1.807, 2.05) is 0 Å². The molecule has 0 saturated carbocycles. The molecular formula is C23H24F3N3O5S. The molecule has 0 bridgehead atoms. The number of hydrogen-bond donors (Lipinski definition) is 1. The molecule has 2 heterocycles. The maximum Gasteiger partial charge on any atom is 0.387 e. The molecule has 1 amide bonds. The minimum absolute atomic E-state index is 0.0154. The third kappa shape index (κ3) is 4.79. The zero-order valence-electron chi connectivity index (χ0n) is 19.2. The van der Waals surface area contributed by atoms with Gasteiger partial charge in [0.15, 0.2) is 9.84 Å². The lowest BCUT2D eigenvalue weighted by Gasteiger charge is -2.24. The number of ether oxygens (including phenoxy) is 1. The standard InChI is InChI=1S/C23H24F3N3O5S/c1-13(2)28-19-10-14(20(30)27-23(3)8-9-35(32,33)12-23)4-7-17(19)29(22(28)31)18-11-15(34-21(25)26)5-6-16(18)24/h4-7,10-11,13,21H,8-9,12H2,1-3H3,(H,27,30)/t23-/m0/s1. The Labute approximate surface area is 199 Å². The molecular weight excluding hydrogens is 487 g/mol. The van der Waals surface area contributed by atoms with Crippen molar-refractivity contribution in [3.63, 3.8) is 0 Å². The number of imidazole rings is 1. The van der Waals surface area contributed by atoms with Crippen LogP contribution in [-0.2, 0) is 9.84 Å². The Morgan fingerprint density at radius 1 is 1.14 bits per heavy atom. The number of carbonyl (C=O) groups excluding carboxylic acids is 1. The van der Waals surface area contributed by atoms with Crippen LogP contribution in [0.2, 0.25) is 0 Å². The summed E-state index contributed by atoms with van der Waals surface area (Å²) in [5, 5.41) is 2.77. The van der Waals surface area contributed by atoms with E-state index in [9.17, 15) is 31.2 Å². The highest BCUT2D eigenvalue weighted by Crippen LogP contribution is 2.28. The van der Waals surface area contributed by atoms with Crippen molar-refractivity contribution in [1.29, 1.82) is 0 Å². The van der Waals surface area contributed by atoms with E-state index >= 15 is 0 Å². The minimum atomic E-state index is -3.24. The molecule has 3 aromatic rings. The molecule has 1 aliphatic heterocycles. The van der Waals surface area contributed by atoms with E-state index in [2.05, 4.69) is 10.1 Å². The molecule has 0 spiro atoms. The number of aromatic nitrogens is 2. The zero-order chi connectivity index (χ0) is 25.7. The number of halogens is 3. The lowest BCUT2D eigenvalue weighted by atomic mass is 10.0. The van der Waals surface area contributed by atoms with Crippen LogP contribution in [-0.4, -0.2) is 47.1 Å². The predicted molar refractivity (Wildman–Crippen MR) is 124 cm³/mol. The van der Waals surface area contributed by atoms with Crippen molar-refractivity contribution in [2.75, 3.05) is 11.5 Å². The van der Waals surface area contributed by atoms with Gasteiger partial charge in [0.2, 0.25) is 0 Å². The van der Waals surface area contributed by atoms with Crippen LogP contribution in [0.25, 0.3) is 16.7 Å². The smallest absolute Gasteiger partial charge is 0.387 e. The zero-order valence-corrected chi connectivity index (χ0v) is 20.0. The number of alkyl halides is 2. The molecule has 188 valence electrons. The van der Waals surface area contributed by atoms with E-state index < -0.39 is 39.4 Å². The summed E-state index contributed by atoms with van der Waals surface area (Å²) in [4.78, 5) is 26.3. The van der Waals surface area contributed by atoms with Crippen molar-refractivity contribution in [2.45, 2.75) is 45.4 Å². The van der Waals surface area contributed by atoms with Crippen molar-refractivity contribution < 1.29 is 31.1 Å². The Balaban J connectivity index is 1.81. The summed E-state index contributed by atoms with van der Waals surface area (Å²) in [6, 6.07) is 6.94. The molecule has 35 heavy (non-hydrogen) atoms. The number of nitrogens with zero attached hydrogens (tertiary/aromatic N) is 2. The quantitative estimate of drug-likeness (QED) is 0.547. The van der Waals surface area contributed by atoms with Crippen molar-refractivity contribution >= 4 is 26.8 Å². The van der Waals surface area contributed by atoms with E-state index in [1.54, 1.807) is 20.8 Å². The van der Waals surface area contributed by atoms with Crippen molar-refractivity contribution in [2.24, 2.45) is 0 Å². The van der Waals surface area contributed by atoms with Crippen LogP contribution in [0.1, 0.15) is 43.6 Å². The average Bonchev–Trinajstić information content (AvgIpc) is 3.19. The maximum absolute atomic E-state index is 14.7. The van der Waals surface area contributed by atoms with Gasteiger partial charge in [0.25, 0.3) is 5.91 Å². The highest BCUT2D eigenvalue weighted by molar-refractivity contribution is 7.91. The fourth-order valence-corrected chi connectivity index (χ4v) is 6.48. The van der Waals surface area contributed by atoms with Crippen molar-refractivity contribution in [3.8, 4) is 11.4 Å². The van der Waals surface area contributed by atoms with E-state index in [0.717, 1.165) is 22.8 Å². The third-order valence-corrected chi connectivity index (χ3v) is 7.86. The van der Waals surface area contributed by atoms with Crippen LogP contribution in [0.3, 0.4) is 0 Å². The molecule has 1 fully saturated rings. The summed E-state index contributed by atoms with van der Waals surface area (Å²) in [6.45, 7) is 2.00. The molecule has 2 aromatic carbocycles. The first kappa shape index (κ1) is 24.8. The highest BCUT2D eigenvalue weighted by Gasteiger charge is 2.39. The topological polar surface area (TPSA) is 99.4 Å². The summed E-state index contributed by atoms with van der Waals surface area (Å²) >= 11 is 0. The van der Waals surface area contributed by atoms with Gasteiger partial charge in [-0.2, -0.15) is 8.78 Å². The number of hydrogen-bond acceptors (Lipinski definition) is 5. The Morgan fingerprint density at radius 2 is 1.86 bits per heavy atom. The Morgan fingerprint density at radius 3 is 2.46 bits per heavy atom. The first-order valence-corrected chi connectivity index (χ1v) is 12.7. The Kier molecular flexibility index (Phi) is 6.20. The van der Waals surface area contributed by atoms with Gasteiger partial charge in [-0.05, 0) is 57.5 Å². The molecule has 0 radical (unpaired) electrons. The molecule has 0 aliphatic carbocycles. The largest absolute Gasteiger partial charge is 0.435 e. The van der Waals surface area contributed by atoms with Crippen LogP contribution < -0.4 is 15.7 Å². The van der Waals surface area contributed by atoms with Gasteiger partial charge in [0.05, 0.1) is 33.8 Å². The summed E-state index contributed by atoms with van der Waals surface area (Å²) in [5.41, 5.74) is -1.06. The molecule has 12 heteroatoms. The van der Waals surface area contributed by atoms with E-state index in [4.69, 9.17) is 0 Å². The second-order valence-corrected chi connectivity index (χ2v) is 11.3. The van der Waals surface area contributed by atoms with Gasteiger partial charge in [-0.3, -0.25) is 13.9 Å². The second kappa shape index (κ2) is 8.74. The van der Waals surface area contributed by atoms with Gasteiger partial charge >= 0.3 is 12.3 Å². The van der Waals surface area contributed by atoms with Crippen LogP contribution in [0, 0.1) is 5.82 Å². The molecule has 1 N–H and O–H groups in total. The number of carbonyl (C=O) groups is 1. The predicted octanol–water partition coefficient (Wildman–Crippen LogP) is 3.42. The van der Waals surface area contributed by atoms with Crippen molar-refractivity contribution in [1.82, 2.24) is 14.5 Å². The molecule has 1 aromatic heterocycles. The van der Waals surface area contributed by atoms with Crippen LogP contribution >= 0.6 is 0 Å². The van der Waals surface area contributed by atoms with Crippen LogP contribution in [0.4, 0.5) is 13.2 Å². The number of amides is 1. The monoisotopic (exact) mass is 511 g/mol. The first-order valence-electron chi connectivity index (χ1n) is 10.8. The Bertz CT molecular complexity index is 1480. The molecule has 4 rings (SSSR count). The number of sulfone groups is 1. The van der Waals surface area contributed by atoms with Crippen LogP contribution in [0.15, 0.2) is 41.2 Å². The summed E-state index contributed by atoms with van der Waals surface area (Å²) < 4.78 is 70.6. The van der Waals surface area contributed by atoms with Gasteiger partial charge in [0.1, 0.15) is 11.6 Å². The third-order valence-electron chi connectivity index (χ3n) is 5.95. The molecule has 8 nitrogen and oxygen atoms in total. The minimum Gasteiger partial charge on any atom is -0.435 e. The summed E-state index contributed by atoms with van der Waals surface area (Å²) in [6.07, 6.45) is 0.284. The molecule has 1 saturated heterocycles. The normalized spacial score (nSPS) is 19.5. The number of nitrogens with one attached hydrogen (secondary N) is 1. The SMILES string of the molecule is CC(C)n1c(=O)n(-c2cc(OC(F)F)ccc2F)c2ccc(C(=O)N[C@@]3(C)CCS(=O)(=O)C3)cc21. The van der Waals surface area contributed by atoms with Gasteiger partial charge < -0.3 is 10.1 Å². The average molecular weight is 512 g/mol. The molecule has 1 aliphatic rings. The van der Waals surface area contributed by atoms with Gasteiger partial charge in [-0.25, -0.2) is 17.6 Å². The van der Waals surface area contributed by atoms with Gasteiger partial charge in [0, 0.05) is 17.7 Å². The van der Waals surface area contributed by atoms with Crippen molar-refractivity contribution in [3.05, 3.63) is 58.3 Å². The Hall–Kier alpha value is -3.28. The maximum atomic E-state index is 14.7. The second-order valence-electron chi connectivity index (χ2n) is 9.13. The lowest BCUT2D eigenvalue weighted by molar-refractivity contribution is -0.0498. The molecule has 0 unspecified atom stereocenters. The highest BCUT2D eigenvalue weighted by atomic mass is 32.2. The van der Waals surface area contributed by atoms with E-state index in [0.29, 0.717) is 5.52 Å². The van der Waals surface area contributed by atoms with Crippen LogP contribution in [0.5, 0.6) is 5.75 Å². The number of fused-ring (bicyclic) bond motifs is 1. The van der Waals surface area contributed by atoms with Gasteiger partial charge in [-0.15, -0.1) is 0 Å². The van der Waals surface area contributed by atoms with E-state index in [1.165, 1.54) is 22.8 Å². The number of benzene rings is 2. The first-order chi connectivity index (χ1) is 16.3. The molecule has 1 atom stereocenters. The fourth-order valence-electron chi connectivity index (χ4n) is 4.39.